The van der Waals surface area contributed by atoms with Crippen LogP contribution in [0.15, 0.2) is 0 Å². The first-order valence-corrected chi connectivity index (χ1v) is 7.51. The average Bonchev–Trinajstić information content (AvgIpc) is 2.40. The lowest BCUT2D eigenvalue weighted by molar-refractivity contribution is -0.141. The second kappa shape index (κ2) is 8.19. The topological polar surface area (TPSA) is 93.7 Å². The van der Waals surface area contributed by atoms with Gasteiger partial charge in [0.1, 0.15) is 6.04 Å². The lowest BCUT2D eigenvalue weighted by Gasteiger charge is -2.28. The van der Waals surface area contributed by atoms with Crippen molar-refractivity contribution in [2.24, 2.45) is 5.41 Å². The van der Waals surface area contributed by atoms with Gasteiger partial charge < -0.3 is 26.0 Å². The number of amides is 2. The summed E-state index contributed by atoms with van der Waals surface area (Å²) in [6.45, 7) is 11.0. The number of nitrogens with one attached hydrogen (secondary N) is 3. The maximum atomic E-state index is 11.7. The van der Waals surface area contributed by atoms with Gasteiger partial charge in [0, 0.05) is 32.7 Å². The van der Waals surface area contributed by atoms with E-state index in [2.05, 4.69) is 20.9 Å². The summed E-state index contributed by atoms with van der Waals surface area (Å²) in [5.74, 6) is -1.02. The Morgan fingerprint density at radius 3 is 2.43 bits per heavy atom. The van der Waals surface area contributed by atoms with Crippen LogP contribution in [0, 0.1) is 5.41 Å². The van der Waals surface area contributed by atoms with Crippen molar-refractivity contribution in [2.75, 3.05) is 39.3 Å². The Kier molecular flexibility index (Phi) is 6.91. The zero-order valence-electron chi connectivity index (χ0n) is 13.2. The molecular weight excluding hydrogens is 272 g/mol. The molecule has 21 heavy (non-hydrogen) atoms. The van der Waals surface area contributed by atoms with Gasteiger partial charge in [-0.3, -0.25) is 0 Å². The van der Waals surface area contributed by atoms with Crippen LogP contribution in [0.4, 0.5) is 4.79 Å². The largest absolute Gasteiger partial charge is 0.480 e. The van der Waals surface area contributed by atoms with Gasteiger partial charge in [-0.25, -0.2) is 9.59 Å². The van der Waals surface area contributed by atoms with Crippen LogP contribution in [0.2, 0.25) is 0 Å². The third-order valence-corrected chi connectivity index (χ3v) is 3.53. The van der Waals surface area contributed by atoms with Crippen molar-refractivity contribution in [1.29, 1.82) is 0 Å². The van der Waals surface area contributed by atoms with Crippen molar-refractivity contribution in [2.45, 2.75) is 33.2 Å². The van der Waals surface area contributed by atoms with E-state index in [0.29, 0.717) is 6.54 Å². The third kappa shape index (κ3) is 6.77. The van der Waals surface area contributed by atoms with Gasteiger partial charge >= 0.3 is 12.0 Å². The highest BCUT2D eigenvalue weighted by molar-refractivity contribution is 5.83. The Hall–Kier alpha value is -1.34. The number of hydrogen-bond acceptors (Lipinski definition) is 4. The quantitative estimate of drug-likeness (QED) is 0.521. The molecule has 0 bridgehead atoms. The second-order valence-electron chi connectivity index (χ2n) is 6.48. The van der Waals surface area contributed by atoms with Crippen LogP contribution in [0.5, 0.6) is 0 Å². The highest BCUT2D eigenvalue weighted by Gasteiger charge is 2.32. The Labute approximate surface area is 126 Å². The number of carboxylic acid groups (broad SMARTS) is 1. The number of carbonyl (C=O) groups excluding carboxylic acids is 1. The molecule has 1 fully saturated rings. The molecule has 0 saturated carbocycles. The van der Waals surface area contributed by atoms with Gasteiger partial charge in [0.25, 0.3) is 0 Å². The summed E-state index contributed by atoms with van der Waals surface area (Å²) in [5.41, 5.74) is -0.524. The lowest BCUT2D eigenvalue weighted by Crippen LogP contribution is -2.52. The summed E-state index contributed by atoms with van der Waals surface area (Å²) in [4.78, 5) is 25.3. The molecule has 1 aliphatic heterocycles. The van der Waals surface area contributed by atoms with Gasteiger partial charge in [0.05, 0.1) is 0 Å². The van der Waals surface area contributed by atoms with Crippen molar-refractivity contribution in [3.8, 4) is 0 Å². The van der Waals surface area contributed by atoms with Crippen molar-refractivity contribution in [3.05, 3.63) is 0 Å². The van der Waals surface area contributed by atoms with Gasteiger partial charge in [-0.15, -0.1) is 0 Å². The molecule has 0 aromatic rings. The number of carboxylic acids is 1. The predicted molar refractivity (Wildman–Crippen MR) is 81.3 cm³/mol. The molecule has 1 heterocycles. The van der Waals surface area contributed by atoms with Crippen LogP contribution >= 0.6 is 0 Å². The van der Waals surface area contributed by atoms with E-state index in [-0.39, 0.29) is 0 Å². The summed E-state index contributed by atoms with van der Waals surface area (Å²) < 4.78 is 0. The molecule has 0 aliphatic carbocycles. The minimum absolute atomic E-state index is 0.419. The smallest absolute Gasteiger partial charge is 0.326 e. The molecule has 2 amide bonds. The van der Waals surface area contributed by atoms with E-state index >= 15 is 0 Å². The molecule has 7 heteroatoms. The maximum Gasteiger partial charge on any atom is 0.326 e. The summed E-state index contributed by atoms with van der Waals surface area (Å²) in [6.07, 6.45) is 0.862. The van der Waals surface area contributed by atoms with E-state index in [9.17, 15) is 9.59 Å². The minimum atomic E-state index is -1.02. The van der Waals surface area contributed by atoms with Crippen LogP contribution in [0.1, 0.15) is 27.2 Å². The van der Waals surface area contributed by atoms with E-state index in [1.54, 1.807) is 20.8 Å². The standard InChI is InChI=1S/C14H28N4O3/c1-14(2,3)11(12(19)20)17-13(21)16-5-4-8-18-9-6-15-7-10-18/h11,15H,4-10H2,1-3H3,(H,19,20)(H2,16,17,21)/t11-/m1/s1. The molecule has 0 aromatic heterocycles. The van der Waals surface area contributed by atoms with Crippen molar-refractivity contribution in [3.63, 3.8) is 0 Å². The number of aliphatic carboxylic acids is 1. The summed E-state index contributed by atoms with van der Waals surface area (Å²) in [5, 5.41) is 17.7. The second-order valence-corrected chi connectivity index (χ2v) is 6.48. The van der Waals surface area contributed by atoms with E-state index < -0.39 is 23.5 Å². The SMILES string of the molecule is CC(C)(C)[C@H](NC(=O)NCCCN1CCNCC1)C(=O)O. The molecule has 1 atom stereocenters. The van der Waals surface area contributed by atoms with Crippen LogP contribution in [0.25, 0.3) is 0 Å². The zero-order chi connectivity index (χ0) is 15.9. The molecule has 4 N–H and O–H groups in total. The highest BCUT2D eigenvalue weighted by atomic mass is 16.4. The molecule has 1 saturated heterocycles. The Balaban J connectivity index is 2.22. The third-order valence-electron chi connectivity index (χ3n) is 3.53. The van der Waals surface area contributed by atoms with Crippen LogP contribution in [-0.4, -0.2) is 67.3 Å². The van der Waals surface area contributed by atoms with Gasteiger partial charge in [0.15, 0.2) is 0 Å². The molecular formula is C14H28N4O3. The van der Waals surface area contributed by atoms with Crippen molar-refractivity contribution in [1.82, 2.24) is 20.9 Å². The molecule has 7 nitrogen and oxygen atoms in total. The highest BCUT2D eigenvalue weighted by Crippen LogP contribution is 2.19. The molecule has 0 unspecified atom stereocenters. The van der Waals surface area contributed by atoms with Crippen LogP contribution in [0.3, 0.4) is 0 Å². The van der Waals surface area contributed by atoms with E-state index in [1.807, 2.05) is 0 Å². The molecule has 1 rings (SSSR count). The van der Waals surface area contributed by atoms with Crippen LogP contribution in [-0.2, 0) is 4.79 Å². The van der Waals surface area contributed by atoms with Crippen molar-refractivity contribution >= 4 is 12.0 Å². The Morgan fingerprint density at radius 2 is 1.90 bits per heavy atom. The summed E-state index contributed by atoms with van der Waals surface area (Å²) in [7, 11) is 0. The minimum Gasteiger partial charge on any atom is -0.480 e. The van der Waals surface area contributed by atoms with Crippen LogP contribution < -0.4 is 16.0 Å². The molecule has 0 radical (unpaired) electrons. The maximum absolute atomic E-state index is 11.7. The normalized spacial score (nSPS) is 18.0. The number of urea groups is 1. The first-order chi connectivity index (χ1) is 9.80. The zero-order valence-corrected chi connectivity index (χ0v) is 13.2. The average molecular weight is 300 g/mol. The number of hydrogen-bond donors (Lipinski definition) is 4. The predicted octanol–water partition coefficient (Wildman–Crippen LogP) is 0.0802. The monoisotopic (exact) mass is 300 g/mol. The fourth-order valence-corrected chi connectivity index (χ4v) is 2.27. The fourth-order valence-electron chi connectivity index (χ4n) is 2.27. The van der Waals surface area contributed by atoms with Gasteiger partial charge in [-0.05, 0) is 18.4 Å². The molecule has 0 spiro atoms. The fraction of sp³-hybridized carbons (Fsp3) is 0.857. The Morgan fingerprint density at radius 1 is 1.29 bits per heavy atom. The molecule has 1 aliphatic rings. The number of nitrogens with zero attached hydrogens (tertiary/aromatic N) is 1. The lowest BCUT2D eigenvalue weighted by atomic mass is 9.87. The van der Waals surface area contributed by atoms with Gasteiger partial charge in [-0.1, -0.05) is 20.8 Å². The van der Waals surface area contributed by atoms with Crippen molar-refractivity contribution < 1.29 is 14.7 Å². The molecule has 0 aromatic carbocycles. The number of carbonyl (C=O) groups is 2. The number of rotatable bonds is 6. The number of piperazine rings is 1. The van der Waals surface area contributed by atoms with Gasteiger partial charge in [-0.2, -0.15) is 0 Å². The Bertz CT molecular complexity index is 349. The first-order valence-electron chi connectivity index (χ1n) is 7.51. The van der Waals surface area contributed by atoms with E-state index in [4.69, 9.17) is 5.11 Å². The van der Waals surface area contributed by atoms with E-state index in [1.165, 1.54) is 0 Å². The first kappa shape index (κ1) is 17.7. The van der Waals surface area contributed by atoms with E-state index in [0.717, 1.165) is 39.1 Å². The molecule has 122 valence electrons. The summed E-state index contributed by atoms with van der Waals surface area (Å²) >= 11 is 0. The summed E-state index contributed by atoms with van der Waals surface area (Å²) in [6, 6.07) is -1.32. The van der Waals surface area contributed by atoms with Gasteiger partial charge in [0.2, 0.25) is 0 Å².